The maximum atomic E-state index is 12.7. The molecule has 1 aromatic carbocycles. The molecule has 1 atom stereocenters. The van der Waals surface area contributed by atoms with Crippen LogP contribution < -0.4 is 10.9 Å². The van der Waals surface area contributed by atoms with Crippen LogP contribution in [0.15, 0.2) is 28.2 Å². The number of carbonyl (C=O) groups excluding carboxylic acids is 1. The summed E-state index contributed by atoms with van der Waals surface area (Å²) in [7, 11) is 1.71. The van der Waals surface area contributed by atoms with Gasteiger partial charge in [-0.05, 0) is 51.3 Å². The lowest BCUT2D eigenvalue weighted by molar-refractivity contribution is -0.115. The number of hydrogen-bond acceptors (Lipinski definition) is 5. The van der Waals surface area contributed by atoms with Gasteiger partial charge in [-0.1, -0.05) is 30.0 Å². The van der Waals surface area contributed by atoms with Gasteiger partial charge >= 0.3 is 0 Å². The fourth-order valence-corrected chi connectivity index (χ4v) is 4.85. The van der Waals surface area contributed by atoms with Gasteiger partial charge in [0.1, 0.15) is 4.83 Å². The summed E-state index contributed by atoms with van der Waals surface area (Å²) in [6.45, 7) is 9.72. The first-order valence-electron chi connectivity index (χ1n) is 8.71. The summed E-state index contributed by atoms with van der Waals surface area (Å²) >= 11 is 2.82. The smallest absolute Gasteiger partial charge is 0.262 e. The molecule has 2 heterocycles. The molecule has 0 aliphatic rings. The van der Waals surface area contributed by atoms with Crippen LogP contribution in [-0.2, 0) is 11.8 Å². The third-order valence-corrected chi connectivity index (χ3v) is 6.99. The number of carbonyl (C=O) groups is 1. The Balaban J connectivity index is 1.87. The molecule has 5 nitrogen and oxygen atoms in total. The van der Waals surface area contributed by atoms with Gasteiger partial charge in [-0.2, -0.15) is 0 Å². The van der Waals surface area contributed by atoms with Crippen molar-refractivity contribution in [3.05, 3.63) is 50.1 Å². The first-order valence-corrected chi connectivity index (χ1v) is 10.4. The van der Waals surface area contributed by atoms with Gasteiger partial charge in [0.2, 0.25) is 5.91 Å². The summed E-state index contributed by atoms with van der Waals surface area (Å²) in [5, 5.41) is 3.85. The minimum Gasteiger partial charge on any atom is -0.325 e. The van der Waals surface area contributed by atoms with E-state index >= 15 is 0 Å². The molecule has 1 N–H and O–H groups in total. The highest BCUT2D eigenvalue weighted by atomic mass is 32.2. The van der Waals surface area contributed by atoms with E-state index in [0.717, 1.165) is 32.1 Å². The number of anilines is 1. The van der Waals surface area contributed by atoms with Gasteiger partial charge in [0, 0.05) is 17.6 Å². The van der Waals surface area contributed by atoms with Crippen molar-refractivity contribution in [2.24, 2.45) is 7.05 Å². The number of nitrogens with zero attached hydrogens (tertiary/aromatic N) is 2. The molecule has 3 rings (SSSR count). The van der Waals surface area contributed by atoms with Gasteiger partial charge in [0.25, 0.3) is 5.56 Å². The van der Waals surface area contributed by atoms with Crippen molar-refractivity contribution in [1.29, 1.82) is 0 Å². The molecule has 142 valence electrons. The molecule has 1 amide bonds. The van der Waals surface area contributed by atoms with E-state index in [1.54, 1.807) is 7.05 Å². The molecule has 0 bridgehead atoms. The van der Waals surface area contributed by atoms with Crippen LogP contribution in [0.2, 0.25) is 0 Å². The van der Waals surface area contributed by atoms with Crippen LogP contribution in [0.3, 0.4) is 0 Å². The Morgan fingerprint density at radius 1 is 1.22 bits per heavy atom. The van der Waals surface area contributed by atoms with Gasteiger partial charge in [-0.15, -0.1) is 11.3 Å². The first-order chi connectivity index (χ1) is 12.7. The number of nitrogens with one attached hydrogen (secondary N) is 1. The number of amides is 1. The largest absolute Gasteiger partial charge is 0.325 e. The standard InChI is InChI=1S/C20H23N3O2S2/c1-10-8-7-9-11(2)16(10)21-17(24)14(5)27-20-22-18-15(19(25)23(20)6)12(3)13(4)26-18/h7-9,14H,1-6H3,(H,21,24). The number of benzene rings is 1. The van der Waals surface area contributed by atoms with E-state index in [2.05, 4.69) is 10.3 Å². The van der Waals surface area contributed by atoms with Gasteiger partial charge in [-0.3, -0.25) is 14.2 Å². The quantitative estimate of drug-likeness (QED) is 0.521. The maximum absolute atomic E-state index is 12.7. The molecule has 7 heteroatoms. The Kier molecular flexibility index (Phi) is 5.44. The van der Waals surface area contributed by atoms with E-state index in [1.807, 2.05) is 52.8 Å². The number of aryl methyl sites for hydroxylation is 4. The predicted octanol–water partition coefficient (Wildman–Crippen LogP) is 4.35. The number of rotatable bonds is 4. The SMILES string of the molecule is Cc1cccc(C)c1NC(=O)C(C)Sc1nc2sc(C)c(C)c2c(=O)n1C. The lowest BCUT2D eigenvalue weighted by atomic mass is 10.1. The second kappa shape index (κ2) is 7.48. The molecular weight excluding hydrogens is 378 g/mol. The van der Waals surface area contributed by atoms with E-state index < -0.39 is 0 Å². The second-order valence-electron chi connectivity index (χ2n) is 6.74. The normalized spacial score (nSPS) is 12.4. The number of thioether (sulfide) groups is 1. The summed E-state index contributed by atoms with van der Waals surface area (Å²) in [4.78, 5) is 31.9. The number of fused-ring (bicyclic) bond motifs is 1. The average molecular weight is 402 g/mol. The van der Waals surface area contributed by atoms with Crippen LogP contribution in [-0.4, -0.2) is 20.7 Å². The number of para-hydroxylation sites is 1. The third kappa shape index (κ3) is 3.66. The Morgan fingerprint density at radius 3 is 2.48 bits per heavy atom. The molecule has 1 unspecified atom stereocenters. The average Bonchev–Trinajstić information content (AvgIpc) is 2.89. The van der Waals surface area contributed by atoms with Crippen LogP contribution >= 0.6 is 23.1 Å². The van der Waals surface area contributed by atoms with Crippen molar-refractivity contribution in [2.75, 3.05) is 5.32 Å². The van der Waals surface area contributed by atoms with Crippen molar-refractivity contribution < 1.29 is 4.79 Å². The number of thiophene rings is 1. The number of aromatic nitrogens is 2. The molecule has 0 fully saturated rings. The Hall–Kier alpha value is -2.12. The molecule has 0 saturated carbocycles. The van der Waals surface area contributed by atoms with E-state index in [4.69, 9.17) is 0 Å². The van der Waals surface area contributed by atoms with Crippen LogP contribution in [0.1, 0.15) is 28.5 Å². The summed E-state index contributed by atoms with van der Waals surface area (Å²) in [6.07, 6.45) is 0. The highest BCUT2D eigenvalue weighted by molar-refractivity contribution is 8.00. The summed E-state index contributed by atoms with van der Waals surface area (Å²) in [5.41, 5.74) is 3.82. The summed E-state index contributed by atoms with van der Waals surface area (Å²) in [5.74, 6) is -0.106. The molecule has 0 aliphatic carbocycles. The van der Waals surface area contributed by atoms with Crippen LogP contribution in [0.5, 0.6) is 0 Å². The zero-order chi connectivity index (χ0) is 19.9. The maximum Gasteiger partial charge on any atom is 0.262 e. The fraction of sp³-hybridized carbons (Fsp3) is 0.350. The lowest BCUT2D eigenvalue weighted by Crippen LogP contribution is -2.26. The lowest BCUT2D eigenvalue weighted by Gasteiger charge is -2.16. The second-order valence-corrected chi connectivity index (χ2v) is 9.25. The van der Waals surface area contributed by atoms with E-state index in [0.29, 0.717) is 10.5 Å². The Bertz CT molecular complexity index is 1080. The number of hydrogen-bond donors (Lipinski definition) is 1. The van der Waals surface area contributed by atoms with Crippen LogP contribution in [0, 0.1) is 27.7 Å². The minimum atomic E-state index is -0.387. The summed E-state index contributed by atoms with van der Waals surface area (Å²) < 4.78 is 1.54. The molecular formula is C20H23N3O2S2. The zero-order valence-corrected chi connectivity index (χ0v) is 18.0. The molecule has 0 aliphatic heterocycles. The molecule has 0 spiro atoms. The van der Waals surface area contributed by atoms with E-state index in [-0.39, 0.29) is 16.7 Å². The highest BCUT2D eigenvalue weighted by Gasteiger charge is 2.21. The van der Waals surface area contributed by atoms with Gasteiger partial charge < -0.3 is 5.32 Å². The molecule has 0 saturated heterocycles. The molecule has 0 radical (unpaired) electrons. The Labute approximate surface area is 166 Å². The van der Waals surface area contributed by atoms with Crippen molar-refractivity contribution in [3.63, 3.8) is 0 Å². The van der Waals surface area contributed by atoms with Crippen molar-refractivity contribution in [2.45, 2.75) is 45.0 Å². The Morgan fingerprint density at radius 2 is 1.85 bits per heavy atom. The monoisotopic (exact) mass is 401 g/mol. The van der Waals surface area contributed by atoms with E-state index in [1.165, 1.54) is 27.7 Å². The van der Waals surface area contributed by atoms with Crippen LogP contribution in [0.4, 0.5) is 5.69 Å². The van der Waals surface area contributed by atoms with Crippen molar-refractivity contribution >= 4 is 44.9 Å². The molecule has 27 heavy (non-hydrogen) atoms. The predicted molar refractivity (Wildman–Crippen MR) is 114 cm³/mol. The zero-order valence-electron chi connectivity index (χ0n) is 16.3. The molecule has 3 aromatic rings. The van der Waals surface area contributed by atoms with E-state index in [9.17, 15) is 9.59 Å². The van der Waals surface area contributed by atoms with Gasteiger partial charge in [-0.25, -0.2) is 4.98 Å². The topological polar surface area (TPSA) is 64.0 Å². The fourth-order valence-electron chi connectivity index (χ4n) is 2.91. The van der Waals surface area contributed by atoms with Gasteiger partial charge in [0.05, 0.1) is 10.6 Å². The van der Waals surface area contributed by atoms with Crippen LogP contribution in [0.25, 0.3) is 10.2 Å². The van der Waals surface area contributed by atoms with Crippen molar-refractivity contribution in [3.8, 4) is 0 Å². The summed E-state index contributed by atoms with van der Waals surface area (Å²) in [6, 6.07) is 5.92. The third-order valence-electron chi connectivity index (χ3n) is 4.75. The first kappa shape index (κ1) is 19.6. The van der Waals surface area contributed by atoms with Crippen molar-refractivity contribution in [1.82, 2.24) is 9.55 Å². The minimum absolute atomic E-state index is 0.0632. The highest BCUT2D eigenvalue weighted by Crippen LogP contribution is 2.30. The van der Waals surface area contributed by atoms with Gasteiger partial charge in [0.15, 0.2) is 5.16 Å². The molecule has 2 aromatic heterocycles.